The highest BCUT2D eigenvalue weighted by atomic mass is 16.6. The zero-order chi connectivity index (χ0) is 34.1. The summed E-state index contributed by atoms with van der Waals surface area (Å²) in [5.41, 5.74) is -3.90. The number of fused-ring (bicyclic) bond motifs is 5. The van der Waals surface area contributed by atoms with Crippen LogP contribution in [0.4, 0.5) is 0 Å². The number of hydrogen-bond acceptors (Lipinski definition) is 11. The third-order valence-electron chi connectivity index (χ3n) is 12.8. The molecule has 46 heavy (non-hydrogen) atoms. The van der Waals surface area contributed by atoms with E-state index < -0.39 is 82.1 Å². The molecule has 0 amide bonds. The number of ketones is 1. The quantitative estimate of drug-likeness (QED) is 0.307. The van der Waals surface area contributed by atoms with Crippen molar-refractivity contribution >= 4 is 29.7 Å². The fourth-order valence-electron chi connectivity index (χ4n) is 10.4. The molecule has 0 radical (unpaired) electrons. The number of carbonyl (C=O) groups is 5. The Balaban J connectivity index is 1.48. The fourth-order valence-corrected chi connectivity index (χ4v) is 10.4. The van der Waals surface area contributed by atoms with Gasteiger partial charge in [0.15, 0.2) is 5.78 Å². The van der Waals surface area contributed by atoms with Crippen molar-refractivity contribution in [3.05, 3.63) is 11.6 Å². The molecule has 0 unspecified atom stereocenters. The van der Waals surface area contributed by atoms with Crippen LogP contribution in [0.25, 0.3) is 0 Å². The molecule has 0 aromatic heterocycles. The molecule has 3 saturated carbocycles. The number of carbonyl (C=O) groups excluding carboxylic acids is 5. The number of hydrogen-bond donors (Lipinski definition) is 2. The molecule has 2 N–H and O–H groups in total. The van der Waals surface area contributed by atoms with Gasteiger partial charge in [-0.2, -0.15) is 0 Å². The first-order chi connectivity index (χ1) is 21.3. The Kier molecular flexibility index (Phi) is 8.80. The van der Waals surface area contributed by atoms with E-state index in [2.05, 4.69) is 0 Å². The number of esters is 4. The Hall–Kier alpha value is -2.79. The molecule has 0 aromatic carbocycles. The predicted molar refractivity (Wildman–Crippen MR) is 163 cm³/mol. The van der Waals surface area contributed by atoms with Crippen molar-refractivity contribution < 1.29 is 53.1 Å². The molecule has 11 nitrogen and oxygen atoms in total. The van der Waals surface area contributed by atoms with E-state index in [0.29, 0.717) is 37.7 Å². The minimum atomic E-state index is -1.57. The maximum Gasteiger partial charge on any atom is 0.309 e. The lowest BCUT2D eigenvalue weighted by molar-refractivity contribution is -0.197. The van der Waals surface area contributed by atoms with Gasteiger partial charge in [-0.3, -0.25) is 24.0 Å². The van der Waals surface area contributed by atoms with Gasteiger partial charge in [-0.15, -0.1) is 0 Å². The summed E-state index contributed by atoms with van der Waals surface area (Å²) < 4.78 is 22.4. The zero-order valence-electron chi connectivity index (χ0n) is 28.3. The molecule has 1 heterocycles. The Morgan fingerprint density at radius 3 is 2.20 bits per heavy atom. The molecule has 256 valence electrons. The van der Waals surface area contributed by atoms with E-state index in [9.17, 15) is 34.2 Å². The molecule has 0 aromatic rings. The third kappa shape index (κ3) is 5.39. The van der Waals surface area contributed by atoms with Gasteiger partial charge in [0.1, 0.15) is 30.0 Å². The average molecular weight is 647 g/mol. The Morgan fingerprint density at radius 1 is 1.00 bits per heavy atom. The summed E-state index contributed by atoms with van der Waals surface area (Å²) in [6, 6.07) is 0. The number of ether oxygens (including phenoxy) is 4. The van der Waals surface area contributed by atoms with Gasteiger partial charge >= 0.3 is 23.9 Å². The fraction of sp³-hybridized carbons (Fsp3) is 0.800. The zero-order valence-corrected chi connectivity index (χ0v) is 28.3. The van der Waals surface area contributed by atoms with Crippen molar-refractivity contribution in [2.75, 3.05) is 0 Å². The Morgan fingerprint density at radius 2 is 1.63 bits per heavy atom. The summed E-state index contributed by atoms with van der Waals surface area (Å²) in [7, 11) is 0. The van der Waals surface area contributed by atoms with Gasteiger partial charge < -0.3 is 29.2 Å². The van der Waals surface area contributed by atoms with Crippen LogP contribution in [0.15, 0.2) is 11.6 Å². The van der Waals surface area contributed by atoms with Crippen molar-refractivity contribution in [3.8, 4) is 0 Å². The van der Waals surface area contributed by atoms with E-state index in [1.807, 2.05) is 13.8 Å². The summed E-state index contributed by atoms with van der Waals surface area (Å²) >= 11 is 0. The summed E-state index contributed by atoms with van der Waals surface area (Å²) in [5, 5.41) is 25.1. The molecular weight excluding hydrogens is 596 g/mol. The van der Waals surface area contributed by atoms with Gasteiger partial charge in [-0.1, -0.05) is 20.8 Å². The first kappa shape index (κ1) is 34.5. The lowest BCUT2D eigenvalue weighted by Crippen LogP contribution is -2.63. The van der Waals surface area contributed by atoms with Crippen molar-refractivity contribution in [3.63, 3.8) is 0 Å². The van der Waals surface area contributed by atoms with E-state index in [1.54, 1.807) is 26.8 Å². The minimum Gasteiger partial charge on any atom is -0.462 e. The van der Waals surface area contributed by atoms with Crippen molar-refractivity contribution in [1.29, 1.82) is 0 Å². The molecule has 4 aliphatic carbocycles. The summed E-state index contributed by atoms with van der Waals surface area (Å²) in [5.74, 6) is -3.94. The van der Waals surface area contributed by atoms with E-state index in [0.717, 1.165) is 0 Å². The van der Waals surface area contributed by atoms with Crippen LogP contribution in [0.1, 0.15) is 100 Å². The maximum absolute atomic E-state index is 13.9. The monoisotopic (exact) mass is 646 g/mol. The normalized spacial score (nSPS) is 43.6. The lowest BCUT2D eigenvalue weighted by atomic mass is 9.45. The summed E-state index contributed by atoms with van der Waals surface area (Å²) in [6.45, 7) is 13.1. The first-order valence-corrected chi connectivity index (χ1v) is 16.7. The third-order valence-corrected chi connectivity index (χ3v) is 12.8. The highest BCUT2D eigenvalue weighted by molar-refractivity contribution is 5.95. The van der Waals surface area contributed by atoms with E-state index in [1.165, 1.54) is 20.8 Å². The van der Waals surface area contributed by atoms with Crippen LogP contribution in [0.2, 0.25) is 0 Å². The van der Waals surface area contributed by atoms with Crippen LogP contribution in [0.3, 0.4) is 0 Å². The maximum atomic E-state index is 13.9. The lowest BCUT2D eigenvalue weighted by Gasteiger charge is -2.61. The van der Waals surface area contributed by atoms with E-state index in [4.69, 9.17) is 18.9 Å². The number of rotatable bonds is 7. The van der Waals surface area contributed by atoms with E-state index in [-0.39, 0.29) is 36.4 Å². The number of allylic oxidation sites excluding steroid dienone is 1. The van der Waals surface area contributed by atoms with Crippen molar-refractivity contribution in [2.24, 2.45) is 40.4 Å². The average Bonchev–Trinajstić information content (AvgIpc) is 3.35. The van der Waals surface area contributed by atoms with Gasteiger partial charge in [0.2, 0.25) is 0 Å². The van der Waals surface area contributed by atoms with Gasteiger partial charge in [-0.05, 0) is 87.7 Å². The molecule has 5 rings (SSSR count). The highest BCUT2D eigenvalue weighted by Crippen LogP contribution is 2.69. The molecule has 4 fully saturated rings. The van der Waals surface area contributed by atoms with Crippen LogP contribution in [-0.4, -0.2) is 75.5 Å². The first-order valence-electron chi connectivity index (χ1n) is 16.7. The van der Waals surface area contributed by atoms with Crippen LogP contribution >= 0.6 is 0 Å². The molecular formula is C35H50O11. The summed E-state index contributed by atoms with van der Waals surface area (Å²) in [6.07, 6.45) is 1.34. The van der Waals surface area contributed by atoms with Gasteiger partial charge in [0.25, 0.3) is 0 Å². The van der Waals surface area contributed by atoms with Crippen molar-refractivity contribution in [1.82, 2.24) is 0 Å². The predicted octanol–water partition coefficient (Wildman–Crippen LogP) is 3.60. The van der Waals surface area contributed by atoms with Gasteiger partial charge in [0.05, 0.1) is 11.5 Å². The number of aliphatic hydroxyl groups is 2. The van der Waals surface area contributed by atoms with Crippen LogP contribution in [0, 0.1) is 40.4 Å². The van der Waals surface area contributed by atoms with Crippen LogP contribution in [0.5, 0.6) is 0 Å². The SMILES string of the molecule is CC(=O)O[C@H]1C[C@@]2(C)[C@@H](C[C@H]1OC(C)=O)C(=O)C=C1[C@@H]2CC[C@]2(C)[C@@H]([C@@](C)(O)[C@@H](C[C@@H]3[C@H](C)C(=O)O[C@@H]3C)OC(C)=O)CC[C@@]12O. The van der Waals surface area contributed by atoms with Gasteiger partial charge in [-0.25, -0.2) is 0 Å². The number of cyclic esters (lactones) is 1. The van der Waals surface area contributed by atoms with Crippen LogP contribution < -0.4 is 0 Å². The molecule has 0 spiro atoms. The van der Waals surface area contributed by atoms with E-state index >= 15 is 0 Å². The highest BCUT2D eigenvalue weighted by Gasteiger charge is 2.70. The molecule has 13 atom stereocenters. The summed E-state index contributed by atoms with van der Waals surface area (Å²) in [4.78, 5) is 62.5. The molecule has 11 heteroatoms. The van der Waals surface area contributed by atoms with Crippen molar-refractivity contribution in [2.45, 2.75) is 136 Å². The molecule has 5 aliphatic rings. The second-order valence-electron chi connectivity index (χ2n) is 15.4. The Labute approximate surface area is 270 Å². The second kappa shape index (κ2) is 11.7. The smallest absolute Gasteiger partial charge is 0.309 e. The minimum absolute atomic E-state index is 0.160. The molecule has 1 saturated heterocycles. The molecule has 1 aliphatic heterocycles. The Bertz CT molecular complexity index is 1340. The van der Waals surface area contributed by atoms with Gasteiger partial charge in [0, 0.05) is 38.0 Å². The second-order valence-corrected chi connectivity index (χ2v) is 15.4. The largest absolute Gasteiger partial charge is 0.462 e. The molecule has 0 bridgehead atoms. The topological polar surface area (TPSA) is 163 Å². The van der Waals surface area contributed by atoms with Crippen LogP contribution in [-0.2, 0) is 42.9 Å². The standard InChI is InChI=1S/C35H50O11/c1-17-22(18(2)43-31(17)40)13-30(46-21(5)38)34(8,41)29-10-12-35(42)24-14-26(39)25-15-27(44-19(3)36)28(45-20(4)37)16-32(25,6)23(24)9-11-33(29,35)7/h14,17-18,22-23,25,27-30,41-42H,9-13,15-16H2,1-8H3/t17-,18+,22+,23-,25-,27+,28-,29-,30+,32+,33+,34+,35+/m0/s1.